The summed E-state index contributed by atoms with van der Waals surface area (Å²) in [5.41, 5.74) is 5.98. The fraction of sp³-hybridized carbons (Fsp3) is 0.500. The third kappa shape index (κ3) is 2.02. The summed E-state index contributed by atoms with van der Waals surface area (Å²) in [6, 6.07) is -0.970. The largest absolute Gasteiger partial charge is 0.480 e. The number of carbonyl (C=O) groups is 1. The van der Waals surface area contributed by atoms with Crippen LogP contribution in [0.1, 0.15) is 11.3 Å². The number of rotatable bonds is 4. The summed E-state index contributed by atoms with van der Waals surface area (Å²) >= 11 is 0. The Balaban J connectivity index is 2.84. The van der Waals surface area contributed by atoms with Gasteiger partial charge in [0.2, 0.25) is 0 Å². The molecule has 1 aromatic heterocycles. The topological polar surface area (TPSA) is 98.6 Å². The Hall–Kier alpha value is -1.56. The minimum Gasteiger partial charge on any atom is -0.480 e. The number of aromatic nitrogens is 1. The second-order valence-electron chi connectivity index (χ2n) is 2.88. The summed E-state index contributed by atoms with van der Waals surface area (Å²) in [5, 5.41) is 12.2. The molecule has 6 nitrogen and oxygen atoms in total. The second kappa shape index (κ2) is 4.10. The lowest BCUT2D eigenvalue weighted by Crippen LogP contribution is -2.32. The van der Waals surface area contributed by atoms with Crippen LogP contribution in [0.25, 0.3) is 0 Å². The van der Waals surface area contributed by atoms with Crippen molar-refractivity contribution in [1.29, 1.82) is 0 Å². The Morgan fingerprint density at radius 2 is 2.43 bits per heavy atom. The predicted molar refractivity (Wildman–Crippen MR) is 47.1 cm³/mol. The average Bonchev–Trinajstić information content (AvgIpc) is 2.47. The molecule has 0 aliphatic carbocycles. The van der Waals surface area contributed by atoms with Crippen molar-refractivity contribution < 1.29 is 19.2 Å². The molecule has 1 heterocycles. The minimum atomic E-state index is -1.06. The number of aryl methyl sites for hydroxylation is 1. The smallest absolute Gasteiger partial charge is 0.320 e. The molecule has 6 heteroatoms. The molecule has 1 rings (SSSR count). The molecule has 0 unspecified atom stereocenters. The number of nitrogens with zero attached hydrogens (tertiary/aromatic N) is 1. The molecular weight excluding hydrogens is 188 g/mol. The minimum absolute atomic E-state index is 0.147. The van der Waals surface area contributed by atoms with Crippen molar-refractivity contribution in [2.75, 3.05) is 7.11 Å². The molecule has 3 N–H and O–H groups in total. The quantitative estimate of drug-likeness (QED) is 0.706. The Morgan fingerprint density at radius 1 is 1.79 bits per heavy atom. The van der Waals surface area contributed by atoms with Crippen molar-refractivity contribution in [1.82, 2.24) is 5.16 Å². The monoisotopic (exact) mass is 200 g/mol. The van der Waals surface area contributed by atoms with Crippen LogP contribution in [0.3, 0.4) is 0 Å². The Morgan fingerprint density at radius 3 is 2.93 bits per heavy atom. The third-order valence-electron chi connectivity index (χ3n) is 1.88. The summed E-state index contributed by atoms with van der Waals surface area (Å²) in [6.07, 6.45) is 0.147. The van der Waals surface area contributed by atoms with Crippen molar-refractivity contribution in [3.8, 4) is 5.88 Å². The van der Waals surface area contributed by atoms with Crippen molar-refractivity contribution in [3.63, 3.8) is 0 Å². The van der Waals surface area contributed by atoms with E-state index in [1.807, 2.05) is 0 Å². The molecule has 0 radical (unpaired) electrons. The molecule has 1 atom stereocenters. The van der Waals surface area contributed by atoms with Gasteiger partial charge in [-0.05, 0) is 12.1 Å². The average molecular weight is 200 g/mol. The summed E-state index contributed by atoms with van der Waals surface area (Å²) in [7, 11) is 1.44. The lowest BCUT2D eigenvalue weighted by molar-refractivity contribution is -0.138. The lowest BCUT2D eigenvalue weighted by atomic mass is 10.1. The Kier molecular flexibility index (Phi) is 3.08. The van der Waals surface area contributed by atoms with E-state index >= 15 is 0 Å². The van der Waals surface area contributed by atoms with E-state index < -0.39 is 12.0 Å². The number of carboxylic acid groups (broad SMARTS) is 1. The van der Waals surface area contributed by atoms with Crippen molar-refractivity contribution in [2.45, 2.75) is 19.4 Å². The van der Waals surface area contributed by atoms with Crippen LogP contribution in [0, 0.1) is 6.92 Å². The van der Waals surface area contributed by atoms with E-state index in [0.29, 0.717) is 17.2 Å². The Labute approximate surface area is 80.6 Å². The first-order chi connectivity index (χ1) is 6.56. The van der Waals surface area contributed by atoms with E-state index in [9.17, 15) is 4.79 Å². The standard InChI is InChI=1S/C8H12N2O4/c1-4-5(3-6(9)8(11)12)7(13-2)10-14-4/h6H,3,9H2,1-2H3,(H,11,12)/t6-/m0/s1. The van der Waals surface area contributed by atoms with Crippen LogP contribution in [0.2, 0.25) is 0 Å². The number of aliphatic carboxylic acids is 1. The third-order valence-corrected chi connectivity index (χ3v) is 1.88. The van der Waals surface area contributed by atoms with Gasteiger partial charge in [0.25, 0.3) is 5.88 Å². The molecule has 0 amide bonds. The molecule has 0 aromatic carbocycles. The van der Waals surface area contributed by atoms with Crippen LogP contribution >= 0.6 is 0 Å². The van der Waals surface area contributed by atoms with Crippen molar-refractivity contribution in [3.05, 3.63) is 11.3 Å². The maximum Gasteiger partial charge on any atom is 0.320 e. The van der Waals surface area contributed by atoms with Gasteiger partial charge in [-0.2, -0.15) is 0 Å². The van der Waals surface area contributed by atoms with Crippen molar-refractivity contribution >= 4 is 5.97 Å². The zero-order valence-corrected chi connectivity index (χ0v) is 7.98. The van der Waals surface area contributed by atoms with E-state index in [1.54, 1.807) is 6.92 Å². The zero-order valence-electron chi connectivity index (χ0n) is 7.98. The first kappa shape index (κ1) is 10.5. The molecule has 0 spiro atoms. The van der Waals surface area contributed by atoms with Crippen LogP contribution < -0.4 is 10.5 Å². The summed E-state index contributed by atoms with van der Waals surface area (Å²) in [5.74, 6) is -0.245. The molecule has 78 valence electrons. The van der Waals surface area contributed by atoms with E-state index in [-0.39, 0.29) is 6.42 Å². The van der Waals surface area contributed by atoms with Crippen LogP contribution in [-0.2, 0) is 11.2 Å². The summed E-state index contributed by atoms with van der Waals surface area (Å²) in [4.78, 5) is 10.5. The lowest BCUT2D eigenvalue weighted by Gasteiger charge is -2.05. The fourth-order valence-corrected chi connectivity index (χ4v) is 1.07. The second-order valence-corrected chi connectivity index (χ2v) is 2.88. The van der Waals surface area contributed by atoms with Crippen LogP contribution in [-0.4, -0.2) is 29.4 Å². The normalized spacial score (nSPS) is 12.5. The number of hydrogen-bond donors (Lipinski definition) is 2. The molecule has 14 heavy (non-hydrogen) atoms. The highest BCUT2D eigenvalue weighted by atomic mass is 16.5. The number of carboxylic acids is 1. The molecule has 0 saturated heterocycles. The Bertz CT molecular complexity index is 334. The number of hydrogen-bond acceptors (Lipinski definition) is 5. The summed E-state index contributed by atoms with van der Waals surface area (Å²) in [6.45, 7) is 1.68. The van der Waals surface area contributed by atoms with Gasteiger partial charge in [-0.15, -0.1) is 0 Å². The van der Waals surface area contributed by atoms with Crippen molar-refractivity contribution in [2.24, 2.45) is 5.73 Å². The highest BCUT2D eigenvalue weighted by Gasteiger charge is 2.20. The summed E-state index contributed by atoms with van der Waals surface area (Å²) < 4.78 is 9.74. The molecule has 1 aromatic rings. The van der Waals surface area contributed by atoms with E-state index in [2.05, 4.69) is 5.16 Å². The molecule has 0 aliphatic heterocycles. The van der Waals surface area contributed by atoms with Gasteiger partial charge in [-0.3, -0.25) is 4.79 Å². The van der Waals surface area contributed by atoms with Gasteiger partial charge in [-0.1, -0.05) is 0 Å². The van der Waals surface area contributed by atoms with Gasteiger partial charge in [-0.25, -0.2) is 0 Å². The number of ether oxygens (including phenoxy) is 1. The highest BCUT2D eigenvalue weighted by Crippen LogP contribution is 2.21. The van der Waals surface area contributed by atoms with Gasteiger partial charge in [0.15, 0.2) is 0 Å². The first-order valence-electron chi connectivity index (χ1n) is 4.03. The van der Waals surface area contributed by atoms with Gasteiger partial charge in [0.1, 0.15) is 11.8 Å². The SMILES string of the molecule is COc1noc(C)c1C[C@H](N)C(=O)O. The molecule has 0 fully saturated rings. The molecule has 0 aliphatic rings. The van der Waals surface area contributed by atoms with Crippen LogP contribution in [0.5, 0.6) is 5.88 Å². The van der Waals surface area contributed by atoms with Crippen LogP contribution in [0.15, 0.2) is 4.52 Å². The molecular formula is C8H12N2O4. The van der Waals surface area contributed by atoms with E-state index in [4.69, 9.17) is 20.1 Å². The molecule has 0 saturated carbocycles. The maximum absolute atomic E-state index is 10.5. The van der Waals surface area contributed by atoms with Gasteiger partial charge < -0.3 is 20.1 Å². The van der Waals surface area contributed by atoms with E-state index in [1.165, 1.54) is 7.11 Å². The number of methoxy groups -OCH3 is 1. The van der Waals surface area contributed by atoms with Gasteiger partial charge in [0.05, 0.1) is 12.7 Å². The predicted octanol–water partition coefficient (Wildman–Crippen LogP) is -0.0540. The zero-order chi connectivity index (χ0) is 10.7. The highest BCUT2D eigenvalue weighted by molar-refractivity contribution is 5.73. The van der Waals surface area contributed by atoms with E-state index in [0.717, 1.165) is 0 Å². The van der Waals surface area contributed by atoms with Crippen LogP contribution in [0.4, 0.5) is 0 Å². The first-order valence-corrected chi connectivity index (χ1v) is 4.03. The number of nitrogens with two attached hydrogens (primary N) is 1. The fourth-order valence-electron chi connectivity index (χ4n) is 1.07. The van der Waals surface area contributed by atoms with Gasteiger partial charge >= 0.3 is 5.97 Å². The maximum atomic E-state index is 10.5. The molecule has 0 bridgehead atoms. The van der Waals surface area contributed by atoms with Gasteiger partial charge in [0, 0.05) is 6.42 Å².